The summed E-state index contributed by atoms with van der Waals surface area (Å²) in [5.74, 6) is 0.712. The van der Waals surface area contributed by atoms with Crippen LogP contribution in [-0.2, 0) is 4.74 Å². The topological polar surface area (TPSA) is 72.1 Å². The van der Waals surface area contributed by atoms with Gasteiger partial charge >= 0.3 is 5.63 Å². The molecule has 0 aliphatic carbocycles. The van der Waals surface area contributed by atoms with E-state index in [2.05, 4.69) is 4.90 Å². The summed E-state index contributed by atoms with van der Waals surface area (Å²) in [6.45, 7) is 4.79. The maximum atomic E-state index is 12.1. The summed E-state index contributed by atoms with van der Waals surface area (Å²) >= 11 is 0. The van der Waals surface area contributed by atoms with Crippen molar-refractivity contribution in [1.29, 1.82) is 0 Å². The molecule has 1 saturated heterocycles. The largest absolute Gasteiger partial charge is 0.508 e. The fourth-order valence-electron chi connectivity index (χ4n) is 3.11. The van der Waals surface area contributed by atoms with E-state index in [1.54, 1.807) is 18.2 Å². The Morgan fingerprint density at radius 3 is 2.68 bits per heavy atom. The lowest BCUT2D eigenvalue weighted by Crippen LogP contribution is -2.38. The Morgan fingerprint density at radius 1 is 1.04 bits per heavy atom. The van der Waals surface area contributed by atoms with Crippen LogP contribution in [0.5, 0.6) is 11.5 Å². The zero-order valence-electron chi connectivity index (χ0n) is 13.7. The van der Waals surface area contributed by atoms with Crippen molar-refractivity contribution >= 4 is 21.7 Å². The van der Waals surface area contributed by atoms with Gasteiger partial charge in [-0.3, -0.25) is 4.90 Å². The molecule has 0 atom stereocenters. The van der Waals surface area contributed by atoms with Crippen molar-refractivity contribution in [3.63, 3.8) is 0 Å². The highest BCUT2D eigenvalue weighted by molar-refractivity contribution is 6.04. The number of morpholine rings is 1. The third-order valence-corrected chi connectivity index (χ3v) is 4.45. The van der Waals surface area contributed by atoms with Crippen molar-refractivity contribution in [2.24, 2.45) is 0 Å². The van der Waals surface area contributed by atoms with E-state index in [1.165, 1.54) is 6.07 Å². The van der Waals surface area contributed by atoms with E-state index in [0.717, 1.165) is 43.6 Å². The molecule has 4 rings (SSSR count). The summed E-state index contributed by atoms with van der Waals surface area (Å²) in [4.78, 5) is 14.4. The van der Waals surface area contributed by atoms with Crippen molar-refractivity contribution in [2.75, 3.05) is 39.5 Å². The monoisotopic (exact) mass is 341 g/mol. The maximum Gasteiger partial charge on any atom is 0.344 e. The van der Waals surface area contributed by atoms with Crippen LogP contribution in [0, 0.1) is 0 Å². The second kappa shape index (κ2) is 6.74. The van der Waals surface area contributed by atoms with Crippen LogP contribution in [0.4, 0.5) is 0 Å². The molecule has 2 aromatic carbocycles. The molecule has 2 heterocycles. The standard InChI is InChI=1S/C19H19NO5/c21-13-1-3-15-16-4-2-14(12-18(16)25-19(22)17(15)11-13)24-10-7-20-5-8-23-9-6-20/h1-4,11-12,21H,5-10H2. The molecule has 1 N–H and O–H groups in total. The molecule has 0 radical (unpaired) electrons. The number of fused-ring (bicyclic) bond motifs is 3. The van der Waals surface area contributed by atoms with Crippen LogP contribution in [0.1, 0.15) is 0 Å². The molecule has 6 nitrogen and oxygen atoms in total. The Kier molecular flexibility index (Phi) is 4.29. The number of nitrogens with zero attached hydrogens (tertiary/aromatic N) is 1. The summed E-state index contributed by atoms with van der Waals surface area (Å²) in [7, 11) is 0. The van der Waals surface area contributed by atoms with Gasteiger partial charge in [-0.05, 0) is 30.3 Å². The molecular formula is C19H19NO5. The molecule has 1 aliphatic heterocycles. The van der Waals surface area contributed by atoms with Crippen molar-refractivity contribution < 1.29 is 19.0 Å². The van der Waals surface area contributed by atoms with Gasteiger partial charge in [-0.15, -0.1) is 0 Å². The Bertz CT molecular complexity index is 959. The van der Waals surface area contributed by atoms with E-state index < -0.39 is 5.63 Å². The van der Waals surface area contributed by atoms with Gasteiger partial charge in [-0.25, -0.2) is 4.79 Å². The lowest BCUT2D eigenvalue weighted by molar-refractivity contribution is 0.0322. The molecule has 6 heteroatoms. The number of ether oxygens (including phenoxy) is 2. The van der Waals surface area contributed by atoms with Gasteiger partial charge in [0.05, 0.1) is 18.6 Å². The first kappa shape index (κ1) is 15.9. The van der Waals surface area contributed by atoms with Crippen LogP contribution in [0.25, 0.3) is 21.7 Å². The van der Waals surface area contributed by atoms with Gasteiger partial charge in [-0.1, -0.05) is 0 Å². The number of hydrogen-bond donors (Lipinski definition) is 1. The predicted octanol–water partition coefficient (Wildman–Crippen LogP) is 2.36. The average molecular weight is 341 g/mol. The van der Waals surface area contributed by atoms with Crippen molar-refractivity contribution in [2.45, 2.75) is 0 Å². The van der Waals surface area contributed by atoms with Gasteiger partial charge in [0.1, 0.15) is 23.7 Å². The Morgan fingerprint density at radius 2 is 1.84 bits per heavy atom. The van der Waals surface area contributed by atoms with Crippen LogP contribution >= 0.6 is 0 Å². The molecule has 0 bridgehead atoms. The lowest BCUT2D eigenvalue weighted by atomic mass is 10.1. The first-order valence-electron chi connectivity index (χ1n) is 8.33. The Labute approximate surface area is 144 Å². The van der Waals surface area contributed by atoms with Crippen molar-refractivity contribution in [3.8, 4) is 11.5 Å². The van der Waals surface area contributed by atoms with Gasteiger partial charge < -0.3 is 19.0 Å². The van der Waals surface area contributed by atoms with Gasteiger partial charge in [0.25, 0.3) is 0 Å². The highest BCUT2D eigenvalue weighted by atomic mass is 16.5. The first-order chi connectivity index (χ1) is 12.2. The second-order valence-electron chi connectivity index (χ2n) is 6.08. The summed E-state index contributed by atoms with van der Waals surface area (Å²) in [6.07, 6.45) is 0. The molecule has 0 unspecified atom stereocenters. The summed E-state index contributed by atoms with van der Waals surface area (Å²) < 4.78 is 16.5. The number of hydrogen-bond acceptors (Lipinski definition) is 6. The third kappa shape index (κ3) is 3.31. The Hall–Kier alpha value is -2.57. The zero-order valence-corrected chi connectivity index (χ0v) is 13.7. The van der Waals surface area contributed by atoms with Crippen molar-refractivity contribution in [3.05, 3.63) is 46.8 Å². The quantitative estimate of drug-likeness (QED) is 0.580. The van der Waals surface area contributed by atoms with Gasteiger partial charge in [0, 0.05) is 36.5 Å². The van der Waals surface area contributed by atoms with E-state index >= 15 is 0 Å². The SMILES string of the molecule is O=c1oc2cc(OCCN3CCOCC3)ccc2c2ccc(O)cc12. The number of rotatable bonds is 4. The van der Waals surface area contributed by atoms with Crippen LogP contribution in [-0.4, -0.2) is 49.5 Å². The molecule has 1 aromatic heterocycles. The average Bonchev–Trinajstić information content (AvgIpc) is 2.63. The van der Waals surface area contributed by atoms with E-state index in [0.29, 0.717) is 23.3 Å². The maximum absolute atomic E-state index is 12.1. The minimum atomic E-state index is -0.469. The van der Waals surface area contributed by atoms with E-state index in [-0.39, 0.29) is 5.75 Å². The van der Waals surface area contributed by atoms with Crippen molar-refractivity contribution in [1.82, 2.24) is 4.90 Å². The van der Waals surface area contributed by atoms with Gasteiger partial charge in [0.2, 0.25) is 0 Å². The molecule has 1 fully saturated rings. The second-order valence-corrected chi connectivity index (χ2v) is 6.08. The summed E-state index contributed by atoms with van der Waals surface area (Å²) in [5, 5.41) is 11.5. The molecule has 0 amide bonds. The molecule has 0 saturated carbocycles. The normalized spacial score (nSPS) is 15.7. The molecule has 130 valence electrons. The van der Waals surface area contributed by atoms with E-state index in [9.17, 15) is 9.90 Å². The minimum Gasteiger partial charge on any atom is -0.508 e. The molecule has 25 heavy (non-hydrogen) atoms. The summed E-state index contributed by atoms with van der Waals surface area (Å²) in [5.41, 5.74) is 0.0101. The lowest BCUT2D eigenvalue weighted by Gasteiger charge is -2.26. The van der Waals surface area contributed by atoms with Crippen LogP contribution < -0.4 is 10.4 Å². The highest BCUT2D eigenvalue weighted by Gasteiger charge is 2.11. The number of phenols is 1. The van der Waals surface area contributed by atoms with E-state index in [1.807, 2.05) is 12.1 Å². The fourth-order valence-corrected chi connectivity index (χ4v) is 3.11. The molecule has 0 spiro atoms. The molecular weight excluding hydrogens is 322 g/mol. The predicted molar refractivity (Wildman–Crippen MR) is 94.4 cm³/mol. The number of benzene rings is 2. The van der Waals surface area contributed by atoms with E-state index in [4.69, 9.17) is 13.9 Å². The number of aromatic hydroxyl groups is 1. The van der Waals surface area contributed by atoms with Gasteiger partial charge in [-0.2, -0.15) is 0 Å². The third-order valence-electron chi connectivity index (χ3n) is 4.45. The highest BCUT2D eigenvalue weighted by Crippen LogP contribution is 2.28. The van der Waals surface area contributed by atoms with Gasteiger partial charge in [0.15, 0.2) is 0 Å². The van der Waals surface area contributed by atoms with Crippen LogP contribution in [0.15, 0.2) is 45.6 Å². The Balaban J connectivity index is 1.56. The smallest absolute Gasteiger partial charge is 0.344 e. The molecule has 1 aliphatic rings. The number of phenolic OH excluding ortho intramolecular Hbond substituents is 1. The summed E-state index contributed by atoms with van der Waals surface area (Å²) in [6, 6.07) is 10.2. The van der Waals surface area contributed by atoms with Crippen LogP contribution in [0.3, 0.4) is 0 Å². The first-order valence-corrected chi connectivity index (χ1v) is 8.33. The zero-order chi connectivity index (χ0) is 17.2. The minimum absolute atomic E-state index is 0.0437. The molecule has 3 aromatic rings. The fraction of sp³-hybridized carbons (Fsp3) is 0.316. The van der Waals surface area contributed by atoms with Crippen LogP contribution in [0.2, 0.25) is 0 Å².